The van der Waals surface area contributed by atoms with Crippen molar-refractivity contribution in [2.45, 2.75) is 20.4 Å². The molecule has 0 aliphatic heterocycles. The second-order valence-corrected chi connectivity index (χ2v) is 5.60. The Kier molecular flexibility index (Phi) is 7.31. The van der Waals surface area contributed by atoms with Crippen LogP contribution in [0.5, 0.6) is 0 Å². The van der Waals surface area contributed by atoms with Gasteiger partial charge in [0.25, 0.3) is 0 Å². The maximum Gasteiger partial charge on any atom is 0.335 e. The molecule has 0 atom stereocenters. The van der Waals surface area contributed by atoms with Gasteiger partial charge in [-0.2, -0.15) is 0 Å². The van der Waals surface area contributed by atoms with Gasteiger partial charge in [0, 0.05) is 10.0 Å². The average Bonchev–Trinajstić information content (AvgIpc) is 2.34. The summed E-state index contributed by atoms with van der Waals surface area (Å²) in [7, 11) is 2.14. The minimum atomic E-state index is -0.931. The molecule has 0 bridgehead atoms. The first-order valence-electron chi connectivity index (χ1n) is 5.97. The second kappa shape index (κ2) is 7.44. The van der Waals surface area contributed by atoms with Crippen LogP contribution in [0.4, 0.5) is 5.69 Å². The lowest BCUT2D eigenvalue weighted by Crippen LogP contribution is -3.00. The topological polar surface area (TPSA) is 63.3 Å². The number of benzene rings is 1. The van der Waals surface area contributed by atoms with Crippen LogP contribution in [0, 0.1) is 0 Å². The lowest BCUT2D eigenvalue weighted by molar-refractivity contribution is -0.919. The molecule has 0 amide bonds. The summed E-state index contributed by atoms with van der Waals surface area (Å²) in [5.41, 5.74) is 7.80. The molecule has 0 aliphatic carbocycles. The summed E-state index contributed by atoms with van der Waals surface area (Å²) in [6.45, 7) is 6.93. The number of nitrogens with two attached hydrogens (primary N) is 1. The zero-order valence-corrected chi connectivity index (χ0v) is 15.2. The fraction of sp³-hybridized carbons (Fsp3) is 0.462. The van der Waals surface area contributed by atoms with Gasteiger partial charge in [0.15, 0.2) is 0 Å². The second-order valence-electron chi connectivity index (χ2n) is 4.75. The summed E-state index contributed by atoms with van der Waals surface area (Å²) in [6, 6.07) is 3.22. The Labute approximate surface area is 139 Å². The number of aromatic carboxylic acids is 1. The summed E-state index contributed by atoms with van der Waals surface area (Å²) in [6.07, 6.45) is 0. The van der Waals surface area contributed by atoms with Crippen LogP contribution >= 0.6 is 15.9 Å². The number of hydrogen-bond donors (Lipinski definition) is 2. The quantitative estimate of drug-likeness (QED) is 0.374. The number of carboxylic acids is 1. The van der Waals surface area contributed by atoms with Crippen LogP contribution in [0.2, 0.25) is 0 Å². The van der Waals surface area contributed by atoms with Gasteiger partial charge in [-0.05, 0) is 41.9 Å². The molecule has 6 heteroatoms. The largest absolute Gasteiger partial charge is 1.00 e. The van der Waals surface area contributed by atoms with Gasteiger partial charge < -0.3 is 39.3 Å². The van der Waals surface area contributed by atoms with Gasteiger partial charge in [-0.1, -0.05) is 0 Å². The Morgan fingerprint density at radius 2 is 1.89 bits per heavy atom. The Morgan fingerprint density at radius 3 is 2.32 bits per heavy atom. The van der Waals surface area contributed by atoms with Crippen LogP contribution in [0.25, 0.3) is 0 Å². The molecule has 0 fully saturated rings. The van der Waals surface area contributed by atoms with Crippen LogP contribution in [0.3, 0.4) is 0 Å². The molecular weight excluding hydrogens is 423 g/mol. The van der Waals surface area contributed by atoms with E-state index in [-0.39, 0.29) is 29.5 Å². The highest BCUT2D eigenvalue weighted by atomic mass is 127. The molecule has 0 radical (unpaired) electrons. The predicted octanol–water partition coefficient (Wildman–Crippen LogP) is -0.280. The number of anilines is 1. The third-order valence-electron chi connectivity index (χ3n) is 3.54. The molecular formula is C13H20BrIN2O2. The van der Waals surface area contributed by atoms with Gasteiger partial charge in [-0.3, -0.25) is 0 Å². The van der Waals surface area contributed by atoms with Crippen LogP contribution in [0.15, 0.2) is 16.6 Å². The first kappa shape index (κ1) is 18.7. The Bertz CT molecular complexity index is 462. The van der Waals surface area contributed by atoms with Crippen molar-refractivity contribution in [3.05, 3.63) is 27.7 Å². The predicted molar refractivity (Wildman–Crippen MR) is 76.5 cm³/mol. The summed E-state index contributed by atoms with van der Waals surface area (Å²) >= 11 is 3.32. The van der Waals surface area contributed by atoms with E-state index in [0.717, 1.165) is 29.7 Å². The SMILES string of the molecule is CC[N+](C)(CC)Cc1cc(C(=O)O)cc(Br)c1N.[I-]. The molecule has 1 aromatic carbocycles. The summed E-state index contributed by atoms with van der Waals surface area (Å²) in [4.78, 5) is 11.1. The lowest BCUT2D eigenvalue weighted by Gasteiger charge is -2.32. The molecule has 0 saturated carbocycles. The minimum Gasteiger partial charge on any atom is -1.00 e. The summed E-state index contributed by atoms with van der Waals surface area (Å²) in [5.74, 6) is -0.931. The van der Waals surface area contributed by atoms with Gasteiger partial charge in [0.1, 0.15) is 6.54 Å². The third kappa shape index (κ3) is 4.61. The lowest BCUT2D eigenvalue weighted by atomic mass is 10.1. The number of hydrogen-bond acceptors (Lipinski definition) is 2. The molecule has 3 N–H and O–H groups in total. The van der Waals surface area contributed by atoms with Crippen molar-refractivity contribution in [2.75, 3.05) is 25.9 Å². The normalized spacial score (nSPS) is 10.9. The highest BCUT2D eigenvalue weighted by Gasteiger charge is 2.21. The molecule has 0 aliphatic rings. The van der Waals surface area contributed by atoms with Crippen molar-refractivity contribution in [1.29, 1.82) is 0 Å². The molecule has 108 valence electrons. The number of nitrogens with zero attached hydrogens (tertiary/aromatic N) is 1. The van der Waals surface area contributed by atoms with Crippen LogP contribution in [-0.2, 0) is 6.54 Å². The average molecular weight is 443 g/mol. The minimum absolute atomic E-state index is 0. The number of nitrogen functional groups attached to an aromatic ring is 1. The van der Waals surface area contributed by atoms with Crippen molar-refractivity contribution >= 4 is 27.6 Å². The van der Waals surface area contributed by atoms with E-state index >= 15 is 0 Å². The molecule has 0 unspecified atom stereocenters. The van der Waals surface area contributed by atoms with Crippen molar-refractivity contribution in [3.63, 3.8) is 0 Å². The molecule has 0 saturated heterocycles. The monoisotopic (exact) mass is 442 g/mol. The smallest absolute Gasteiger partial charge is 0.335 e. The molecule has 1 rings (SSSR count). The number of halogens is 2. The molecule has 0 spiro atoms. The van der Waals surface area contributed by atoms with E-state index < -0.39 is 5.97 Å². The summed E-state index contributed by atoms with van der Waals surface area (Å²) < 4.78 is 1.48. The van der Waals surface area contributed by atoms with Gasteiger partial charge in [-0.15, -0.1) is 0 Å². The molecule has 1 aromatic rings. The van der Waals surface area contributed by atoms with Crippen molar-refractivity contribution in [1.82, 2.24) is 0 Å². The Balaban J connectivity index is 0.00000324. The van der Waals surface area contributed by atoms with Crippen molar-refractivity contribution in [2.24, 2.45) is 0 Å². The molecule has 4 nitrogen and oxygen atoms in total. The van der Waals surface area contributed by atoms with Crippen LogP contribution in [-0.4, -0.2) is 35.7 Å². The van der Waals surface area contributed by atoms with Gasteiger partial charge in [0.2, 0.25) is 0 Å². The highest BCUT2D eigenvalue weighted by Crippen LogP contribution is 2.28. The summed E-state index contributed by atoms with van der Waals surface area (Å²) in [5, 5.41) is 9.07. The van der Waals surface area contributed by atoms with E-state index in [9.17, 15) is 4.79 Å². The molecule has 0 aromatic heterocycles. The van der Waals surface area contributed by atoms with Gasteiger partial charge in [0.05, 0.1) is 31.4 Å². The van der Waals surface area contributed by atoms with E-state index in [1.54, 1.807) is 12.1 Å². The van der Waals surface area contributed by atoms with Gasteiger partial charge >= 0.3 is 5.97 Å². The maximum atomic E-state index is 11.1. The van der Waals surface area contributed by atoms with E-state index in [1.165, 1.54) is 0 Å². The Hall–Kier alpha value is -0.340. The number of carbonyl (C=O) groups is 1. The zero-order valence-electron chi connectivity index (χ0n) is 11.4. The number of quaternary nitrogens is 1. The molecule has 19 heavy (non-hydrogen) atoms. The van der Waals surface area contributed by atoms with Gasteiger partial charge in [-0.25, -0.2) is 4.79 Å². The van der Waals surface area contributed by atoms with Crippen LogP contribution in [0.1, 0.15) is 29.8 Å². The van der Waals surface area contributed by atoms with E-state index in [1.807, 2.05) is 0 Å². The first-order valence-corrected chi connectivity index (χ1v) is 6.77. The van der Waals surface area contributed by atoms with Crippen LogP contribution < -0.4 is 29.7 Å². The van der Waals surface area contributed by atoms with Crippen molar-refractivity contribution in [3.8, 4) is 0 Å². The Morgan fingerprint density at radius 1 is 1.37 bits per heavy atom. The van der Waals surface area contributed by atoms with Crippen molar-refractivity contribution < 1.29 is 38.4 Å². The van der Waals surface area contributed by atoms with E-state index in [4.69, 9.17) is 10.8 Å². The first-order chi connectivity index (χ1) is 8.33. The maximum absolute atomic E-state index is 11.1. The fourth-order valence-corrected chi connectivity index (χ4v) is 2.29. The van der Waals surface area contributed by atoms with E-state index in [0.29, 0.717) is 10.2 Å². The number of carboxylic acid groups (broad SMARTS) is 1. The zero-order chi connectivity index (χ0) is 13.9. The van der Waals surface area contributed by atoms with E-state index in [2.05, 4.69) is 36.8 Å². The standard InChI is InChI=1S/C13H19BrN2O2.HI/c1-4-16(3,5-2)8-10-6-9(13(17)18)7-11(14)12(10)15;/h6-7H,4-5,8,15H2,1-3H3;1H. The third-order valence-corrected chi connectivity index (χ3v) is 4.20. The highest BCUT2D eigenvalue weighted by molar-refractivity contribution is 9.10. The molecule has 0 heterocycles. The number of rotatable bonds is 5. The fourth-order valence-electron chi connectivity index (χ4n) is 1.79.